The van der Waals surface area contributed by atoms with Crippen molar-refractivity contribution in [2.45, 2.75) is 38.2 Å². The Morgan fingerprint density at radius 3 is 2.47 bits per heavy atom. The maximum atomic E-state index is 11.8. The van der Waals surface area contributed by atoms with Crippen molar-refractivity contribution in [1.82, 2.24) is 5.32 Å². The molecule has 1 saturated carbocycles. The summed E-state index contributed by atoms with van der Waals surface area (Å²) in [7, 11) is 0. The van der Waals surface area contributed by atoms with Gasteiger partial charge in [0.05, 0.1) is 17.9 Å². The molecule has 2 N–H and O–H groups in total. The van der Waals surface area contributed by atoms with Crippen molar-refractivity contribution in [1.29, 1.82) is 0 Å². The molecule has 0 spiro atoms. The highest BCUT2D eigenvalue weighted by Gasteiger charge is 2.41. The first kappa shape index (κ1) is 12.4. The Morgan fingerprint density at radius 2 is 1.94 bits per heavy atom. The SMILES string of the molecule is O=C(O)C1CCC1C(=O)NCC1CCCCO1. The third-order valence-corrected chi connectivity index (χ3v) is 3.71. The highest BCUT2D eigenvalue weighted by Crippen LogP contribution is 2.34. The summed E-state index contributed by atoms with van der Waals surface area (Å²) in [5, 5.41) is 11.7. The van der Waals surface area contributed by atoms with Crippen LogP contribution in [0.4, 0.5) is 0 Å². The molecule has 0 radical (unpaired) electrons. The predicted molar refractivity (Wildman–Crippen MR) is 60.5 cm³/mol. The zero-order chi connectivity index (χ0) is 12.3. The molecule has 2 rings (SSSR count). The molecule has 1 saturated heterocycles. The number of aliphatic carboxylic acids is 1. The predicted octanol–water partition coefficient (Wildman–Crippen LogP) is 0.782. The molecule has 3 atom stereocenters. The normalized spacial score (nSPS) is 32.6. The molecule has 96 valence electrons. The first-order chi connectivity index (χ1) is 8.18. The van der Waals surface area contributed by atoms with Gasteiger partial charge in [-0.05, 0) is 32.1 Å². The Morgan fingerprint density at radius 1 is 1.18 bits per heavy atom. The summed E-state index contributed by atoms with van der Waals surface area (Å²) in [6, 6.07) is 0. The van der Waals surface area contributed by atoms with E-state index in [-0.39, 0.29) is 17.9 Å². The lowest BCUT2D eigenvalue weighted by Crippen LogP contribution is -2.46. The molecule has 0 bridgehead atoms. The standard InChI is InChI=1S/C12H19NO4/c14-11(9-4-5-10(9)12(15)16)13-7-8-3-1-2-6-17-8/h8-10H,1-7H2,(H,13,14)(H,15,16). The molecule has 17 heavy (non-hydrogen) atoms. The molecule has 0 aromatic heterocycles. The van der Waals surface area contributed by atoms with Gasteiger partial charge < -0.3 is 15.2 Å². The Labute approximate surface area is 101 Å². The van der Waals surface area contributed by atoms with Crippen LogP contribution >= 0.6 is 0 Å². The third kappa shape index (κ3) is 2.97. The summed E-state index contributed by atoms with van der Waals surface area (Å²) < 4.78 is 5.50. The monoisotopic (exact) mass is 241 g/mol. The first-order valence-corrected chi connectivity index (χ1v) is 6.30. The number of carbonyl (C=O) groups excluding carboxylic acids is 1. The molecule has 2 fully saturated rings. The Hall–Kier alpha value is -1.10. The van der Waals surface area contributed by atoms with Crippen LogP contribution in [-0.2, 0) is 14.3 Å². The van der Waals surface area contributed by atoms with Gasteiger partial charge in [0.2, 0.25) is 5.91 Å². The molecule has 1 aliphatic heterocycles. The minimum atomic E-state index is -0.856. The van der Waals surface area contributed by atoms with Crippen LogP contribution in [0.5, 0.6) is 0 Å². The van der Waals surface area contributed by atoms with Crippen molar-refractivity contribution < 1.29 is 19.4 Å². The molecule has 3 unspecified atom stereocenters. The second kappa shape index (κ2) is 5.49. The fraction of sp³-hybridized carbons (Fsp3) is 0.833. The van der Waals surface area contributed by atoms with Gasteiger partial charge in [0, 0.05) is 13.2 Å². The third-order valence-electron chi connectivity index (χ3n) is 3.71. The second-order valence-corrected chi connectivity index (χ2v) is 4.86. The second-order valence-electron chi connectivity index (χ2n) is 4.86. The number of hydrogen-bond acceptors (Lipinski definition) is 3. The van der Waals surface area contributed by atoms with Crippen molar-refractivity contribution in [3.8, 4) is 0 Å². The van der Waals surface area contributed by atoms with E-state index in [9.17, 15) is 9.59 Å². The van der Waals surface area contributed by atoms with Gasteiger partial charge in [-0.2, -0.15) is 0 Å². The van der Waals surface area contributed by atoms with Crippen LogP contribution in [0.25, 0.3) is 0 Å². The Balaban J connectivity index is 1.71. The summed E-state index contributed by atoms with van der Waals surface area (Å²) in [4.78, 5) is 22.6. The zero-order valence-corrected chi connectivity index (χ0v) is 9.85. The number of amides is 1. The maximum Gasteiger partial charge on any atom is 0.307 e. The van der Waals surface area contributed by atoms with Gasteiger partial charge in [-0.15, -0.1) is 0 Å². The molecule has 5 heteroatoms. The number of carboxylic acids is 1. The van der Waals surface area contributed by atoms with Gasteiger partial charge in [0.1, 0.15) is 0 Å². The zero-order valence-electron chi connectivity index (χ0n) is 9.85. The molecule has 0 aromatic carbocycles. The quantitative estimate of drug-likeness (QED) is 0.762. The summed E-state index contributed by atoms with van der Waals surface area (Å²) in [6.45, 7) is 1.28. The highest BCUT2D eigenvalue weighted by atomic mass is 16.5. The molecular formula is C12H19NO4. The number of hydrogen-bond donors (Lipinski definition) is 2. The first-order valence-electron chi connectivity index (χ1n) is 6.30. The summed E-state index contributed by atoms with van der Waals surface area (Å²) in [5.41, 5.74) is 0. The van der Waals surface area contributed by atoms with Crippen molar-refractivity contribution in [2.24, 2.45) is 11.8 Å². The van der Waals surface area contributed by atoms with Crippen LogP contribution in [0.1, 0.15) is 32.1 Å². The average molecular weight is 241 g/mol. The molecule has 1 amide bonds. The number of rotatable bonds is 4. The van der Waals surface area contributed by atoms with E-state index >= 15 is 0 Å². The smallest absolute Gasteiger partial charge is 0.307 e. The summed E-state index contributed by atoms with van der Waals surface area (Å²) in [6.07, 6.45) is 4.63. The maximum absolute atomic E-state index is 11.8. The molecule has 1 heterocycles. The van der Waals surface area contributed by atoms with E-state index in [0.29, 0.717) is 19.4 Å². The van der Waals surface area contributed by atoms with E-state index in [1.807, 2.05) is 0 Å². The molecule has 5 nitrogen and oxygen atoms in total. The number of carboxylic acid groups (broad SMARTS) is 1. The largest absolute Gasteiger partial charge is 0.481 e. The Bertz CT molecular complexity index is 299. The lowest BCUT2D eigenvalue weighted by atomic mass is 9.73. The lowest BCUT2D eigenvalue weighted by Gasteiger charge is -2.32. The van der Waals surface area contributed by atoms with Crippen LogP contribution in [0, 0.1) is 11.8 Å². The molecule has 1 aliphatic carbocycles. The van der Waals surface area contributed by atoms with Gasteiger partial charge in [0.15, 0.2) is 0 Å². The minimum Gasteiger partial charge on any atom is -0.481 e. The molecule has 0 aromatic rings. The van der Waals surface area contributed by atoms with Crippen molar-refractivity contribution in [3.63, 3.8) is 0 Å². The van der Waals surface area contributed by atoms with E-state index in [1.165, 1.54) is 0 Å². The number of ether oxygens (including phenoxy) is 1. The van der Waals surface area contributed by atoms with E-state index in [0.717, 1.165) is 25.9 Å². The van der Waals surface area contributed by atoms with Crippen LogP contribution in [0.3, 0.4) is 0 Å². The van der Waals surface area contributed by atoms with E-state index in [4.69, 9.17) is 9.84 Å². The van der Waals surface area contributed by atoms with Gasteiger partial charge >= 0.3 is 5.97 Å². The minimum absolute atomic E-state index is 0.107. The molecule has 2 aliphatic rings. The summed E-state index contributed by atoms with van der Waals surface area (Å²) >= 11 is 0. The molecular weight excluding hydrogens is 222 g/mol. The fourth-order valence-corrected chi connectivity index (χ4v) is 2.42. The lowest BCUT2D eigenvalue weighted by molar-refractivity contribution is -0.152. The number of nitrogens with one attached hydrogen (secondary N) is 1. The van der Waals surface area contributed by atoms with E-state index < -0.39 is 11.9 Å². The van der Waals surface area contributed by atoms with Gasteiger partial charge in [0.25, 0.3) is 0 Å². The highest BCUT2D eigenvalue weighted by molar-refractivity contribution is 5.86. The van der Waals surface area contributed by atoms with Crippen molar-refractivity contribution in [2.75, 3.05) is 13.2 Å². The Kier molecular flexibility index (Phi) is 3.99. The van der Waals surface area contributed by atoms with Crippen LogP contribution < -0.4 is 5.32 Å². The van der Waals surface area contributed by atoms with Crippen molar-refractivity contribution in [3.05, 3.63) is 0 Å². The van der Waals surface area contributed by atoms with Crippen LogP contribution in [-0.4, -0.2) is 36.2 Å². The van der Waals surface area contributed by atoms with Crippen LogP contribution in [0.2, 0.25) is 0 Å². The average Bonchev–Trinajstić information content (AvgIpc) is 2.25. The van der Waals surface area contributed by atoms with E-state index in [2.05, 4.69) is 5.32 Å². The van der Waals surface area contributed by atoms with Gasteiger partial charge in [-0.1, -0.05) is 0 Å². The fourth-order valence-electron chi connectivity index (χ4n) is 2.42. The number of carbonyl (C=O) groups is 2. The van der Waals surface area contributed by atoms with Gasteiger partial charge in [-0.25, -0.2) is 0 Å². The summed E-state index contributed by atoms with van der Waals surface area (Å²) in [5.74, 6) is -1.80. The van der Waals surface area contributed by atoms with Crippen LogP contribution in [0.15, 0.2) is 0 Å². The van der Waals surface area contributed by atoms with Crippen molar-refractivity contribution >= 4 is 11.9 Å². The van der Waals surface area contributed by atoms with Gasteiger partial charge in [-0.3, -0.25) is 9.59 Å². The topological polar surface area (TPSA) is 75.6 Å². The van der Waals surface area contributed by atoms with E-state index in [1.54, 1.807) is 0 Å².